The molecule has 2 unspecified atom stereocenters. The van der Waals surface area contributed by atoms with Gasteiger partial charge in [0.1, 0.15) is 5.82 Å². The molecule has 2 aromatic rings. The lowest BCUT2D eigenvalue weighted by atomic mass is 10.0. The van der Waals surface area contributed by atoms with Crippen LogP contribution in [0.5, 0.6) is 0 Å². The Morgan fingerprint density at radius 2 is 1.94 bits per heavy atom. The Bertz CT molecular complexity index is 1020. The summed E-state index contributed by atoms with van der Waals surface area (Å²) in [6, 6.07) is 6.40. The van der Waals surface area contributed by atoms with Crippen LogP contribution in [0.3, 0.4) is 0 Å². The molecule has 2 atom stereocenters. The van der Waals surface area contributed by atoms with E-state index in [1.165, 1.54) is 5.56 Å². The van der Waals surface area contributed by atoms with Crippen LogP contribution < -0.4 is 15.1 Å². The summed E-state index contributed by atoms with van der Waals surface area (Å²) in [5, 5.41) is 3.18. The van der Waals surface area contributed by atoms with Gasteiger partial charge in [0.2, 0.25) is 0 Å². The van der Waals surface area contributed by atoms with Crippen LogP contribution in [0.4, 0.5) is 17.2 Å². The number of nitrogens with zero attached hydrogens (tertiary/aromatic N) is 5. The summed E-state index contributed by atoms with van der Waals surface area (Å²) in [6.07, 6.45) is 9.96. The Kier molecular flexibility index (Phi) is 5.18. The molecule has 160 valence electrons. The highest BCUT2D eigenvalue weighted by Crippen LogP contribution is 2.45. The monoisotopic (exact) mass is 416 g/mol. The van der Waals surface area contributed by atoms with Crippen LogP contribution in [0.15, 0.2) is 53.6 Å². The van der Waals surface area contributed by atoms with Gasteiger partial charge in [0.15, 0.2) is 0 Å². The number of carbonyl (C=O) groups excluding carboxylic acids is 1. The first-order valence-corrected chi connectivity index (χ1v) is 11.0. The van der Waals surface area contributed by atoms with Gasteiger partial charge in [0, 0.05) is 62.5 Å². The van der Waals surface area contributed by atoms with E-state index in [9.17, 15) is 4.79 Å². The summed E-state index contributed by atoms with van der Waals surface area (Å²) < 4.78 is 0. The maximum absolute atomic E-state index is 13.0. The first-order chi connectivity index (χ1) is 15.1. The standard InChI is InChI=1S/C24H28N6O/c1-16(2)17-3-4-21(28-24(31)20-14-26-13-18-11-19(18)20)22(12-17)29-7-9-30(10-8-29)23-15-25-5-6-27-23/h3-6,12-16,18-19H,7-11H2,1-2H3,(H,28,31). The molecule has 0 radical (unpaired) electrons. The number of piperazine rings is 1. The Hall–Kier alpha value is -3.22. The van der Waals surface area contributed by atoms with Gasteiger partial charge in [-0.05, 0) is 36.0 Å². The molecule has 3 aliphatic rings. The van der Waals surface area contributed by atoms with Gasteiger partial charge in [-0.3, -0.25) is 14.8 Å². The zero-order valence-electron chi connectivity index (χ0n) is 18.0. The lowest BCUT2D eigenvalue weighted by molar-refractivity contribution is -0.113. The SMILES string of the molecule is CC(C)c1ccc(NC(=O)C2=CN=CC3CC23)c(N2CCN(c3cnccn3)CC2)c1. The molecule has 0 bridgehead atoms. The number of hydrogen-bond acceptors (Lipinski definition) is 6. The van der Waals surface area contributed by atoms with Crippen molar-refractivity contribution in [3.8, 4) is 0 Å². The number of amides is 1. The average Bonchev–Trinajstić information content (AvgIpc) is 3.60. The van der Waals surface area contributed by atoms with E-state index in [-0.39, 0.29) is 5.91 Å². The fourth-order valence-corrected chi connectivity index (χ4v) is 4.39. The van der Waals surface area contributed by atoms with Crippen LogP contribution in [-0.2, 0) is 4.79 Å². The van der Waals surface area contributed by atoms with Gasteiger partial charge in [-0.15, -0.1) is 0 Å². The molecule has 7 nitrogen and oxygen atoms in total. The summed E-state index contributed by atoms with van der Waals surface area (Å²) >= 11 is 0. The van der Waals surface area contributed by atoms with Crippen molar-refractivity contribution in [3.05, 3.63) is 54.1 Å². The molecule has 1 saturated heterocycles. The minimum absolute atomic E-state index is 0.0268. The van der Waals surface area contributed by atoms with Gasteiger partial charge in [-0.2, -0.15) is 0 Å². The molecule has 5 rings (SSSR count). The van der Waals surface area contributed by atoms with Crippen molar-refractivity contribution >= 4 is 29.3 Å². The van der Waals surface area contributed by atoms with Crippen molar-refractivity contribution in [1.29, 1.82) is 0 Å². The van der Waals surface area contributed by atoms with Gasteiger partial charge in [-0.25, -0.2) is 4.98 Å². The largest absolute Gasteiger partial charge is 0.366 e. The van der Waals surface area contributed by atoms with E-state index in [0.29, 0.717) is 17.8 Å². The fraction of sp³-hybridized carbons (Fsp3) is 0.417. The summed E-state index contributed by atoms with van der Waals surface area (Å²) in [5.41, 5.74) is 4.03. The minimum atomic E-state index is -0.0268. The molecule has 7 heteroatoms. The quantitative estimate of drug-likeness (QED) is 0.808. The van der Waals surface area contributed by atoms with Crippen molar-refractivity contribution in [2.75, 3.05) is 41.3 Å². The first kappa shape index (κ1) is 19.7. The highest BCUT2D eigenvalue weighted by molar-refractivity contribution is 6.07. The summed E-state index contributed by atoms with van der Waals surface area (Å²) in [4.78, 5) is 30.5. The number of nitrogens with one attached hydrogen (secondary N) is 1. The van der Waals surface area contributed by atoms with E-state index < -0.39 is 0 Å². The first-order valence-electron chi connectivity index (χ1n) is 11.0. The molecule has 1 saturated carbocycles. The predicted molar refractivity (Wildman–Crippen MR) is 124 cm³/mol. The third-order valence-electron chi connectivity index (χ3n) is 6.42. The number of carbonyl (C=O) groups is 1. The third kappa shape index (κ3) is 4.04. The van der Waals surface area contributed by atoms with E-state index >= 15 is 0 Å². The van der Waals surface area contributed by atoms with E-state index in [2.05, 4.69) is 62.1 Å². The van der Waals surface area contributed by atoms with Crippen molar-refractivity contribution < 1.29 is 4.79 Å². The maximum atomic E-state index is 13.0. The second kappa shape index (κ2) is 8.13. The lowest BCUT2D eigenvalue weighted by Gasteiger charge is -2.37. The van der Waals surface area contributed by atoms with E-state index in [1.54, 1.807) is 18.6 Å². The number of aromatic nitrogens is 2. The fourth-order valence-electron chi connectivity index (χ4n) is 4.39. The molecular formula is C24H28N6O. The molecule has 0 spiro atoms. The molecule has 1 aromatic heterocycles. The van der Waals surface area contributed by atoms with Crippen molar-refractivity contribution in [2.24, 2.45) is 16.8 Å². The van der Waals surface area contributed by atoms with Crippen LogP contribution in [0, 0.1) is 11.8 Å². The number of fused-ring (bicyclic) bond motifs is 1. The van der Waals surface area contributed by atoms with Gasteiger partial charge < -0.3 is 15.1 Å². The molecular weight excluding hydrogens is 388 g/mol. The number of hydrogen-bond donors (Lipinski definition) is 1. The Labute approximate surface area is 182 Å². The van der Waals surface area contributed by atoms with Crippen LogP contribution in [-0.4, -0.2) is 48.3 Å². The molecule has 31 heavy (non-hydrogen) atoms. The molecule has 3 heterocycles. The van der Waals surface area contributed by atoms with Crippen molar-refractivity contribution in [2.45, 2.75) is 26.2 Å². The number of anilines is 3. The third-order valence-corrected chi connectivity index (χ3v) is 6.42. The minimum Gasteiger partial charge on any atom is -0.366 e. The molecule has 1 aliphatic carbocycles. The Morgan fingerprint density at radius 1 is 1.13 bits per heavy atom. The predicted octanol–water partition coefficient (Wildman–Crippen LogP) is 3.47. The second-order valence-corrected chi connectivity index (χ2v) is 8.81. The number of benzene rings is 1. The zero-order chi connectivity index (χ0) is 21.4. The summed E-state index contributed by atoms with van der Waals surface area (Å²) in [7, 11) is 0. The van der Waals surface area contributed by atoms with Crippen LogP contribution in [0.25, 0.3) is 0 Å². The lowest BCUT2D eigenvalue weighted by Crippen LogP contribution is -2.47. The highest BCUT2D eigenvalue weighted by Gasteiger charge is 2.43. The van der Waals surface area contributed by atoms with Gasteiger partial charge in [0.25, 0.3) is 5.91 Å². The Balaban J connectivity index is 1.35. The van der Waals surface area contributed by atoms with Gasteiger partial charge in [-0.1, -0.05) is 19.9 Å². The number of rotatable bonds is 5. The molecule has 1 N–H and O–H groups in total. The Morgan fingerprint density at radius 3 is 2.68 bits per heavy atom. The van der Waals surface area contributed by atoms with Crippen LogP contribution in [0.1, 0.15) is 31.7 Å². The average molecular weight is 417 g/mol. The zero-order valence-corrected chi connectivity index (χ0v) is 18.0. The summed E-state index contributed by atoms with van der Waals surface area (Å²) in [5.74, 6) is 2.09. The normalized spacial score (nSPS) is 22.2. The van der Waals surface area contributed by atoms with Gasteiger partial charge in [0.05, 0.1) is 17.6 Å². The smallest absolute Gasteiger partial charge is 0.253 e. The van der Waals surface area contributed by atoms with Gasteiger partial charge >= 0.3 is 0 Å². The van der Waals surface area contributed by atoms with E-state index in [1.807, 2.05) is 12.4 Å². The van der Waals surface area contributed by atoms with E-state index in [4.69, 9.17) is 0 Å². The molecule has 2 aliphatic heterocycles. The highest BCUT2D eigenvalue weighted by atomic mass is 16.1. The van der Waals surface area contributed by atoms with E-state index in [0.717, 1.165) is 55.4 Å². The van der Waals surface area contributed by atoms with Crippen molar-refractivity contribution in [3.63, 3.8) is 0 Å². The second-order valence-electron chi connectivity index (χ2n) is 8.81. The summed E-state index contributed by atoms with van der Waals surface area (Å²) in [6.45, 7) is 7.84. The maximum Gasteiger partial charge on any atom is 0.253 e. The van der Waals surface area contributed by atoms with Crippen molar-refractivity contribution in [1.82, 2.24) is 9.97 Å². The molecule has 2 fully saturated rings. The topological polar surface area (TPSA) is 73.7 Å². The van der Waals surface area contributed by atoms with Crippen LogP contribution in [0.2, 0.25) is 0 Å². The molecule has 1 amide bonds. The molecule has 1 aromatic carbocycles. The number of aliphatic imine (C=N–C) groups is 1. The van der Waals surface area contributed by atoms with Crippen LogP contribution >= 0.6 is 0 Å².